The van der Waals surface area contributed by atoms with E-state index in [4.69, 9.17) is 4.42 Å². The second-order valence-electron chi connectivity index (χ2n) is 7.49. The van der Waals surface area contributed by atoms with Crippen molar-refractivity contribution in [3.8, 4) is 0 Å². The average molecular weight is 364 g/mol. The first-order valence-corrected chi connectivity index (χ1v) is 9.81. The van der Waals surface area contributed by atoms with Crippen LogP contribution in [0, 0.1) is 0 Å². The standard InChI is InChI=1S/C21H24N4O2/c26-21(18-14-22-20-7-3-4-8-25(18)20)24-11-9-23(10-12-24)15-17-13-16-5-1-2-6-19(16)27-17/h1-2,5-6,13-14H,3-4,7-12,15H2. The van der Waals surface area contributed by atoms with Gasteiger partial charge in [-0.25, -0.2) is 4.98 Å². The molecule has 0 unspecified atom stereocenters. The number of piperazine rings is 1. The molecule has 1 aromatic carbocycles. The Morgan fingerprint density at radius 3 is 2.78 bits per heavy atom. The Labute approximate surface area is 158 Å². The van der Waals surface area contributed by atoms with E-state index in [0.29, 0.717) is 0 Å². The summed E-state index contributed by atoms with van der Waals surface area (Å²) in [6, 6.07) is 10.2. The van der Waals surface area contributed by atoms with Gasteiger partial charge in [-0.15, -0.1) is 0 Å². The minimum absolute atomic E-state index is 0.124. The predicted octanol–water partition coefficient (Wildman–Crippen LogP) is 2.92. The second-order valence-corrected chi connectivity index (χ2v) is 7.49. The first-order valence-electron chi connectivity index (χ1n) is 9.81. The van der Waals surface area contributed by atoms with Crippen LogP contribution in [0.3, 0.4) is 0 Å². The Kier molecular flexibility index (Phi) is 4.20. The van der Waals surface area contributed by atoms with E-state index < -0.39 is 0 Å². The topological polar surface area (TPSA) is 54.5 Å². The summed E-state index contributed by atoms with van der Waals surface area (Å²) in [6.45, 7) is 4.94. The third-order valence-electron chi connectivity index (χ3n) is 5.70. The van der Waals surface area contributed by atoms with E-state index in [1.165, 1.54) is 6.42 Å². The molecule has 0 aliphatic carbocycles. The van der Waals surface area contributed by atoms with Gasteiger partial charge in [0.15, 0.2) is 0 Å². The summed E-state index contributed by atoms with van der Waals surface area (Å²) in [5.41, 5.74) is 1.70. The van der Waals surface area contributed by atoms with Gasteiger partial charge >= 0.3 is 0 Å². The molecule has 0 radical (unpaired) electrons. The molecule has 2 aromatic heterocycles. The van der Waals surface area contributed by atoms with Crippen LogP contribution in [0.25, 0.3) is 11.0 Å². The summed E-state index contributed by atoms with van der Waals surface area (Å²) in [5.74, 6) is 2.17. The van der Waals surface area contributed by atoms with Crippen molar-refractivity contribution >= 4 is 16.9 Å². The van der Waals surface area contributed by atoms with Gasteiger partial charge in [0.2, 0.25) is 0 Å². The highest BCUT2D eigenvalue weighted by Gasteiger charge is 2.26. The maximum atomic E-state index is 12.9. The van der Waals surface area contributed by atoms with E-state index in [1.54, 1.807) is 6.20 Å². The fraction of sp³-hybridized carbons (Fsp3) is 0.429. The number of benzene rings is 1. The Hall–Kier alpha value is -2.60. The van der Waals surface area contributed by atoms with Crippen LogP contribution in [0.2, 0.25) is 0 Å². The van der Waals surface area contributed by atoms with Gasteiger partial charge < -0.3 is 13.9 Å². The number of imidazole rings is 1. The second kappa shape index (κ2) is 6.85. The lowest BCUT2D eigenvalue weighted by atomic mass is 10.1. The van der Waals surface area contributed by atoms with Gasteiger partial charge in [-0.2, -0.15) is 0 Å². The molecule has 0 spiro atoms. The smallest absolute Gasteiger partial charge is 0.272 e. The molecule has 3 aromatic rings. The van der Waals surface area contributed by atoms with Crippen LogP contribution in [0.4, 0.5) is 0 Å². The number of rotatable bonds is 3. The molecule has 0 N–H and O–H groups in total. The lowest BCUT2D eigenvalue weighted by Crippen LogP contribution is -2.48. The average Bonchev–Trinajstić information content (AvgIpc) is 3.31. The Balaban J connectivity index is 1.22. The number of para-hydroxylation sites is 1. The van der Waals surface area contributed by atoms with E-state index in [9.17, 15) is 4.79 Å². The summed E-state index contributed by atoms with van der Waals surface area (Å²) < 4.78 is 8.05. The van der Waals surface area contributed by atoms with Gasteiger partial charge in [-0.3, -0.25) is 9.69 Å². The van der Waals surface area contributed by atoms with Crippen LogP contribution < -0.4 is 0 Å². The zero-order valence-electron chi connectivity index (χ0n) is 15.4. The Morgan fingerprint density at radius 1 is 1.07 bits per heavy atom. The lowest BCUT2D eigenvalue weighted by molar-refractivity contribution is 0.0609. The van der Waals surface area contributed by atoms with E-state index >= 15 is 0 Å². The van der Waals surface area contributed by atoms with Crippen LogP contribution >= 0.6 is 0 Å². The number of aromatic nitrogens is 2. The minimum Gasteiger partial charge on any atom is -0.460 e. The fourth-order valence-corrected chi connectivity index (χ4v) is 4.19. The van der Waals surface area contributed by atoms with E-state index in [2.05, 4.69) is 26.6 Å². The first-order chi connectivity index (χ1) is 13.3. The fourth-order valence-electron chi connectivity index (χ4n) is 4.19. The molecule has 1 saturated heterocycles. The van der Waals surface area contributed by atoms with Crippen LogP contribution in [-0.4, -0.2) is 51.4 Å². The number of furan rings is 1. The summed E-state index contributed by atoms with van der Waals surface area (Å²) in [6.07, 6.45) is 5.06. The number of hydrogen-bond acceptors (Lipinski definition) is 4. The highest BCUT2D eigenvalue weighted by Crippen LogP contribution is 2.21. The number of carbonyl (C=O) groups excluding carboxylic acids is 1. The first kappa shape index (κ1) is 16.6. The molecular weight excluding hydrogens is 340 g/mol. The molecule has 2 aliphatic heterocycles. The van der Waals surface area contributed by atoms with Gasteiger partial charge in [0.25, 0.3) is 5.91 Å². The normalized spacial score (nSPS) is 18.0. The molecule has 5 rings (SSSR count). The van der Waals surface area contributed by atoms with Crippen molar-refractivity contribution in [3.63, 3.8) is 0 Å². The molecule has 4 heterocycles. The van der Waals surface area contributed by atoms with Crippen molar-refractivity contribution in [3.05, 3.63) is 53.8 Å². The monoisotopic (exact) mass is 364 g/mol. The van der Waals surface area contributed by atoms with Crippen molar-refractivity contribution < 1.29 is 9.21 Å². The third kappa shape index (κ3) is 3.14. The van der Waals surface area contributed by atoms with Gasteiger partial charge in [-0.05, 0) is 25.0 Å². The minimum atomic E-state index is 0.124. The van der Waals surface area contributed by atoms with E-state index in [1.807, 2.05) is 23.1 Å². The highest BCUT2D eigenvalue weighted by atomic mass is 16.3. The number of hydrogen-bond donors (Lipinski definition) is 0. The molecule has 6 heteroatoms. The largest absolute Gasteiger partial charge is 0.460 e. The quantitative estimate of drug-likeness (QED) is 0.717. The van der Waals surface area contributed by atoms with Crippen LogP contribution in [0.5, 0.6) is 0 Å². The Bertz CT molecular complexity index is 933. The van der Waals surface area contributed by atoms with E-state index in [0.717, 1.165) is 80.4 Å². The number of nitrogens with zero attached hydrogens (tertiary/aromatic N) is 4. The molecular formula is C21H24N4O2. The van der Waals surface area contributed by atoms with Gasteiger partial charge in [0.1, 0.15) is 22.9 Å². The summed E-state index contributed by atoms with van der Waals surface area (Å²) in [4.78, 5) is 21.7. The zero-order chi connectivity index (χ0) is 18.2. The molecule has 0 atom stereocenters. The lowest BCUT2D eigenvalue weighted by Gasteiger charge is -2.34. The molecule has 0 bridgehead atoms. The predicted molar refractivity (Wildman–Crippen MR) is 103 cm³/mol. The van der Waals surface area contributed by atoms with Crippen LogP contribution in [0.15, 0.2) is 40.9 Å². The van der Waals surface area contributed by atoms with Gasteiger partial charge in [0.05, 0.1) is 12.7 Å². The maximum absolute atomic E-state index is 12.9. The van der Waals surface area contributed by atoms with Crippen molar-refractivity contribution in [2.24, 2.45) is 0 Å². The highest BCUT2D eigenvalue weighted by molar-refractivity contribution is 5.92. The van der Waals surface area contributed by atoms with Crippen molar-refractivity contribution in [2.45, 2.75) is 32.4 Å². The van der Waals surface area contributed by atoms with Crippen molar-refractivity contribution in [2.75, 3.05) is 26.2 Å². The Morgan fingerprint density at radius 2 is 1.93 bits per heavy atom. The molecule has 0 saturated carbocycles. The van der Waals surface area contributed by atoms with Gasteiger partial charge in [-0.1, -0.05) is 18.2 Å². The number of aryl methyl sites for hydroxylation is 1. The maximum Gasteiger partial charge on any atom is 0.272 e. The van der Waals surface area contributed by atoms with Crippen LogP contribution in [-0.2, 0) is 19.5 Å². The van der Waals surface area contributed by atoms with Gasteiger partial charge in [0, 0.05) is 44.5 Å². The zero-order valence-corrected chi connectivity index (χ0v) is 15.4. The molecule has 27 heavy (non-hydrogen) atoms. The van der Waals surface area contributed by atoms with Crippen molar-refractivity contribution in [1.29, 1.82) is 0 Å². The summed E-state index contributed by atoms with van der Waals surface area (Å²) >= 11 is 0. The summed E-state index contributed by atoms with van der Waals surface area (Å²) in [7, 11) is 0. The SMILES string of the molecule is O=C(c1cnc2n1CCCC2)N1CCN(Cc2cc3ccccc3o2)CC1. The number of fused-ring (bicyclic) bond motifs is 2. The van der Waals surface area contributed by atoms with Crippen molar-refractivity contribution in [1.82, 2.24) is 19.4 Å². The third-order valence-corrected chi connectivity index (χ3v) is 5.70. The van der Waals surface area contributed by atoms with Crippen LogP contribution in [0.1, 0.15) is 34.9 Å². The number of amides is 1. The molecule has 1 fully saturated rings. The number of carbonyl (C=O) groups is 1. The van der Waals surface area contributed by atoms with E-state index in [-0.39, 0.29) is 5.91 Å². The molecule has 1 amide bonds. The molecule has 6 nitrogen and oxygen atoms in total. The molecule has 140 valence electrons. The summed E-state index contributed by atoms with van der Waals surface area (Å²) in [5, 5.41) is 1.15. The molecule has 2 aliphatic rings.